The largest absolute Gasteiger partial charge is 0.505 e. The smallest absolute Gasteiger partial charge is 0.352 e. The molecule has 17 heteroatoms. The minimum atomic E-state index is -1.42. The average molecular weight is 773 g/mol. The molecule has 2 aromatic carbocycles. The van der Waals surface area contributed by atoms with Crippen LogP contribution in [0.2, 0.25) is 10.0 Å². The fraction of sp³-hybridized carbons (Fsp3) is 0.235. The van der Waals surface area contributed by atoms with Crippen LogP contribution in [0.4, 0.5) is 10.1 Å². The van der Waals surface area contributed by atoms with Crippen LogP contribution in [0, 0.1) is 5.82 Å². The van der Waals surface area contributed by atoms with E-state index in [-0.39, 0.29) is 59.0 Å². The molecular weight excluding hydrogens is 744 g/mol. The number of benzene rings is 2. The fourth-order valence-electron chi connectivity index (χ4n) is 6.10. The molecule has 0 bridgehead atoms. The number of carboxylic acid groups (broad SMARTS) is 1. The zero-order chi connectivity index (χ0) is 36.4. The van der Waals surface area contributed by atoms with E-state index in [1.165, 1.54) is 42.0 Å². The molecule has 0 spiro atoms. The number of nitrogens with zero attached hydrogens (tertiary/aromatic N) is 2. The van der Waals surface area contributed by atoms with Gasteiger partial charge in [-0.25, -0.2) is 9.18 Å². The fourth-order valence-corrected chi connectivity index (χ4v) is 8.58. The quantitative estimate of drug-likeness (QED) is 0.0795. The number of anilines is 1. The van der Waals surface area contributed by atoms with Crippen LogP contribution in [0.15, 0.2) is 88.2 Å². The van der Waals surface area contributed by atoms with Gasteiger partial charge in [0.05, 0.1) is 15.8 Å². The zero-order valence-corrected chi connectivity index (χ0v) is 29.5. The highest BCUT2D eigenvalue weighted by molar-refractivity contribution is 8.00. The minimum absolute atomic E-state index is 0.0379. The van der Waals surface area contributed by atoms with Crippen LogP contribution in [0.25, 0.3) is 0 Å². The Balaban J connectivity index is 1.30. The van der Waals surface area contributed by atoms with E-state index in [9.17, 15) is 38.6 Å². The molecule has 3 aliphatic rings. The van der Waals surface area contributed by atoms with Gasteiger partial charge in [0.2, 0.25) is 17.7 Å². The third-order valence-corrected chi connectivity index (χ3v) is 11.4. The standard InChI is InChI=1S/C34H28Cl2FN5O7S2/c35-22-3-2-18(12-23(22)36)50-15-27(45)41-29-32(47)42-30(34(48)49)21(14-51-33(29)42)28(19-7-10-39-31(19)46)20(16-5-8-38-9-6-16)13-26(44)40-17-1-4-25(43)24(37)11-17/h1-6,8-9,11-12,20,29,33,43H,7,10,13-15H2,(H,39,46)(H,40,44)(H,41,45)(H,48,49)/t20?,29-,33-/m1/s1. The number of thioether (sulfide) groups is 2. The summed E-state index contributed by atoms with van der Waals surface area (Å²) in [4.78, 5) is 72.0. The summed E-state index contributed by atoms with van der Waals surface area (Å²) in [5.74, 6) is -5.93. The lowest BCUT2D eigenvalue weighted by atomic mass is 9.80. The Kier molecular flexibility index (Phi) is 10.9. The van der Waals surface area contributed by atoms with Crippen molar-refractivity contribution in [3.63, 3.8) is 0 Å². The van der Waals surface area contributed by atoms with Crippen LogP contribution in [0.5, 0.6) is 5.75 Å². The number of pyridine rings is 1. The van der Waals surface area contributed by atoms with Crippen molar-refractivity contribution in [3.05, 3.63) is 105 Å². The first kappa shape index (κ1) is 36.2. The molecule has 2 saturated heterocycles. The summed E-state index contributed by atoms with van der Waals surface area (Å²) >= 11 is 14.4. The molecule has 4 heterocycles. The molecule has 0 radical (unpaired) electrons. The van der Waals surface area contributed by atoms with Crippen LogP contribution in [0.3, 0.4) is 0 Å². The van der Waals surface area contributed by atoms with E-state index in [1.54, 1.807) is 30.3 Å². The van der Waals surface area contributed by atoms with Crippen molar-refractivity contribution in [1.29, 1.82) is 0 Å². The van der Waals surface area contributed by atoms with Crippen LogP contribution in [0.1, 0.15) is 24.3 Å². The third-order valence-electron chi connectivity index (χ3n) is 8.41. The molecule has 5 N–H and O–H groups in total. The van der Waals surface area contributed by atoms with Crippen molar-refractivity contribution in [2.45, 2.75) is 35.1 Å². The van der Waals surface area contributed by atoms with Gasteiger partial charge in [0.1, 0.15) is 17.1 Å². The van der Waals surface area contributed by atoms with E-state index in [1.807, 2.05) is 0 Å². The number of rotatable bonds is 11. The van der Waals surface area contributed by atoms with Gasteiger partial charge in [0.15, 0.2) is 11.6 Å². The topological polar surface area (TPSA) is 178 Å². The van der Waals surface area contributed by atoms with Gasteiger partial charge in [0.25, 0.3) is 5.91 Å². The second-order valence-electron chi connectivity index (χ2n) is 11.6. The van der Waals surface area contributed by atoms with Crippen LogP contribution in [-0.2, 0) is 24.0 Å². The van der Waals surface area contributed by atoms with E-state index < -0.39 is 58.5 Å². The molecule has 0 aliphatic carbocycles. The number of fused-ring (bicyclic) bond motifs is 1. The summed E-state index contributed by atoms with van der Waals surface area (Å²) in [5, 5.41) is 28.2. The number of nitrogens with one attached hydrogen (secondary N) is 3. The number of phenolic OH excluding ortho intramolecular Hbond substituents is 1. The van der Waals surface area contributed by atoms with Gasteiger partial charge >= 0.3 is 5.97 Å². The summed E-state index contributed by atoms with van der Waals surface area (Å²) in [6.07, 6.45) is 2.92. The molecular formula is C34H28Cl2FN5O7S2. The highest BCUT2D eigenvalue weighted by Gasteiger charge is 2.55. The number of carbonyl (C=O) groups excluding carboxylic acids is 4. The van der Waals surface area contributed by atoms with Crippen molar-refractivity contribution >= 4 is 82.0 Å². The number of aromatic hydroxyl groups is 1. The van der Waals surface area contributed by atoms with Crippen molar-refractivity contribution in [2.24, 2.45) is 0 Å². The monoisotopic (exact) mass is 771 g/mol. The summed E-state index contributed by atoms with van der Waals surface area (Å²) in [6.45, 7) is 0.280. The Morgan fingerprint density at radius 3 is 2.51 bits per heavy atom. The van der Waals surface area contributed by atoms with E-state index in [2.05, 4.69) is 20.9 Å². The second kappa shape index (κ2) is 15.4. The van der Waals surface area contributed by atoms with E-state index in [4.69, 9.17) is 23.2 Å². The van der Waals surface area contributed by atoms with Gasteiger partial charge in [-0.3, -0.25) is 29.1 Å². The van der Waals surface area contributed by atoms with E-state index >= 15 is 0 Å². The molecule has 3 aromatic rings. The molecule has 4 amide bonds. The van der Waals surface area contributed by atoms with Crippen molar-refractivity contribution in [2.75, 3.05) is 23.4 Å². The van der Waals surface area contributed by atoms with Crippen molar-refractivity contribution < 1.29 is 38.6 Å². The lowest BCUT2D eigenvalue weighted by Gasteiger charge is -2.50. The molecule has 2 fully saturated rings. The molecule has 6 rings (SSSR count). The summed E-state index contributed by atoms with van der Waals surface area (Å²) in [6, 6.07) is 10.6. The molecule has 3 aliphatic heterocycles. The molecule has 1 aromatic heterocycles. The number of allylic oxidation sites excluding steroid dienone is 1. The van der Waals surface area contributed by atoms with Crippen LogP contribution < -0.4 is 16.0 Å². The summed E-state index contributed by atoms with van der Waals surface area (Å²) in [7, 11) is 0. The maximum atomic E-state index is 14.0. The first-order valence-corrected chi connectivity index (χ1v) is 18.2. The van der Waals surface area contributed by atoms with Crippen molar-refractivity contribution in [1.82, 2.24) is 20.5 Å². The third kappa shape index (κ3) is 7.71. The Hall–Kier alpha value is -4.57. The highest BCUT2D eigenvalue weighted by Crippen LogP contribution is 2.47. The van der Waals surface area contributed by atoms with Gasteiger partial charge in [-0.15, -0.1) is 23.5 Å². The Labute approximate surface area is 308 Å². The average Bonchev–Trinajstić information content (AvgIpc) is 3.53. The number of carboxylic acids is 1. The number of hydrogen-bond donors (Lipinski definition) is 5. The minimum Gasteiger partial charge on any atom is -0.505 e. The normalized spacial score (nSPS) is 19.9. The van der Waals surface area contributed by atoms with Crippen molar-refractivity contribution in [3.8, 4) is 5.75 Å². The maximum absolute atomic E-state index is 14.0. The number of phenols is 1. The number of β-lactam (4-membered cyclic amide) rings is 1. The summed E-state index contributed by atoms with van der Waals surface area (Å²) in [5.41, 5.74) is 1.02. The van der Waals surface area contributed by atoms with E-state index in [0.717, 1.165) is 17.0 Å². The molecule has 264 valence electrons. The van der Waals surface area contributed by atoms with Gasteiger partial charge < -0.3 is 26.2 Å². The summed E-state index contributed by atoms with van der Waals surface area (Å²) < 4.78 is 14.0. The number of aliphatic carboxylic acids is 1. The van der Waals surface area contributed by atoms with Crippen LogP contribution >= 0.6 is 46.7 Å². The molecule has 0 saturated carbocycles. The molecule has 3 atom stereocenters. The van der Waals surface area contributed by atoms with Gasteiger partial charge in [-0.05, 0) is 65.6 Å². The second-order valence-corrected chi connectivity index (χ2v) is 14.6. The number of carbonyl (C=O) groups is 5. The highest BCUT2D eigenvalue weighted by atomic mass is 35.5. The number of amides is 4. The first-order valence-electron chi connectivity index (χ1n) is 15.4. The lowest BCUT2D eigenvalue weighted by molar-refractivity contribution is -0.150. The molecule has 12 nitrogen and oxygen atoms in total. The predicted molar refractivity (Wildman–Crippen MR) is 190 cm³/mol. The predicted octanol–water partition coefficient (Wildman–Crippen LogP) is 4.69. The lowest BCUT2D eigenvalue weighted by Crippen LogP contribution is -2.70. The van der Waals surface area contributed by atoms with Gasteiger partial charge in [-0.2, -0.15) is 0 Å². The molecule has 1 unspecified atom stereocenters. The number of hydrogen-bond acceptors (Lipinski definition) is 9. The molecule has 51 heavy (non-hydrogen) atoms. The van der Waals surface area contributed by atoms with Gasteiger partial charge in [0, 0.05) is 59.3 Å². The number of aromatic nitrogens is 1. The first-order chi connectivity index (χ1) is 24.4. The maximum Gasteiger partial charge on any atom is 0.352 e. The number of halogens is 3. The van der Waals surface area contributed by atoms with Crippen LogP contribution in [-0.4, -0.2) is 79.2 Å². The van der Waals surface area contributed by atoms with E-state index in [0.29, 0.717) is 20.5 Å². The Morgan fingerprint density at radius 2 is 1.84 bits per heavy atom. The SMILES string of the molecule is O=C(CC(C(=C1CCNC1=O)C1=C(C(=O)O)N2C(=O)[C@@H](NC(=O)CSc3ccc(Cl)c(Cl)c3)[C@H]2SC1)c1ccncc1)Nc1ccc(O)c(F)c1. The Bertz CT molecular complexity index is 2020. The Morgan fingerprint density at radius 1 is 1.08 bits per heavy atom. The van der Waals surface area contributed by atoms with Gasteiger partial charge in [-0.1, -0.05) is 23.2 Å². The zero-order valence-electron chi connectivity index (χ0n) is 26.3.